The van der Waals surface area contributed by atoms with Gasteiger partial charge in [0.25, 0.3) is 0 Å². The maximum absolute atomic E-state index is 12.5. The number of benzene rings is 1. The van der Waals surface area contributed by atoms with Crippen LogP contribution in [0.15, 0.2) is 24.4 Å². The zero-order valence-electron chi connectivity index (χ0n) is 12.8. The molecule has 0 amide bonds. The highest BCUT2D eigenvalue weighted by Crippen LogP contribution is 2.23. The summed E-state index contributed by atoms with van der Waals surface area (Å²) in [5, 5.41) is 5.08. The molecule has 0 saturated heterocycles. The summed E-state index contributed by atoms with van der Waals surface area (Å²) < 4.78 is 39.0. The van der Waals surface area contributed by atoms with Gasteiger partial charge in [-0.3, -0.25) is 4.68 Å². The minimum Gasteiger partial charge on any atom is -0.396 e. The molecule has 1 aromatic heterocycles. The molecule has 1 aromatic carbocycles. The van der Waals surface area contributed by atoms with Crippen LogP contribution in [0.5, 0.6) is 0 Å². The van der Waals surface area contributed by atoms with E-state index < -0.39 is 12.6 Å². The van der Waals surface area contributed by atoms with Gasteiger partial charge in [0.15, 0.2) is 0 Å². The van der Waals surface area contributed by atoms with Crippen LogP contribution >= 0.6 is 0 Å². The lowest BCUT2D eigenvalue weighted by atomic mass is 10.0. The normalized spacial score (nSPS) is 13.1. The Labute approximate surface area is 130 Å². The number of aryl methyl sites for hydroxylation is 2. The fraction of sp³-hybridized carbons (Fsp3) is 0.267. The quantitative estimate of drug-likeness (QED) is 0.720. The maximum Gasteiger partial charge on any atom is 0.393 e. The topological polar surface area (TPSA) is 95.9 Å². The van der Waals surface area contributed by atoms with E-state index >= 15 is 0 Å². The Morgan fingerprint density at radius 1 is 1.22 bits per heavy atom. The number of aromatic nitrogens is 2. The van der Waals surface area contributed by atoms with Crippen LogP contribution in [0.2, 0.25) is 0 Å². The van der Waals surface area contributed by atoms with Crippen LogP contribution in [0.25, 0.3) is 11.5 Å². The third-order valence-corrected chi connectivity index (χ3v) is 3.49. The molecule has 0 atom stereocenters. The molecule has 0 aliphatic rings. The van der Waals surface area contributed by atoms with Crippen molar-refractivity contribution in [3.63, 3.8) is 0 Å². The molecule has 0 unspecified atom stereocenters. The summed E-state index contributed by atoms with van der Waals surface area (Å²) in [7, 11) is 1.68. The molecule has 0 bridgehead atoms. The molecule has 0 saturated carbocycles. The first kappa shape index (κ1) is 16.7. The fourth-order valence-corrected chi connectivity index (χ4v) is 2.47. The molecule has 2 aromatic rings. The Hall–Kier alpha value is -2.64. The molecule has 8 heteroatoms. The van der Waals surface area contributed by atoms with Crippen LogP contribution in [0.4, 0.5) is 13.2 Å². The minimum atomic E-state index is -4.25. The van der Waals surface area contributed by atoms with E-state index in [1.807, 2.05) is 0 Å². The van der Waals surface area contributed by atoms with Gasteiger partial charge in [0.2, 0.25) is 0 Å². The predicted molar refractivity (Wildman–Crippen MR) is 81.9 cm³/mol. The van der Waals surface area contributed by atoms with Gasteiger partial charge in [-0.25, -0.2) is 0 Å². The summed E-state index contributed by atoms with van der Waals surface area (Å²) in [5.41, 5.74) is 19.2. The minimum absolute atomic E-state index is 0.0717. The Morgan fingerprint density at radius 3 is 2.39 bits per heavy atom. The molecule has 124 valence electrons. The first-order valence-corrected chi connectivity index (χ1v) is 6.80. The van der Waals surface area contributed by atoms with Gasteiger partial charge in [0.05, 0.1) is 28.9 Å². The number of rotatable bonds is 2. The molecule has 5 nitrogen and oxygen atoms in total. The molecule has 6 N–H and O–H groups in total. The van der Waals surface area contributed by atoms with E-state index in [0.717, 1.165) is 0 Å². The number of nitrogens with two attached hydrogens (primary N) is 3. The van der Waals surface area contributed by atoms with E-state index in [4.69, 9.17) is 17.2 Å². The number of hydrogen-bond donors (Lipinski definition) is 3. The summed E-state index contributed by atoms with van der Waals surface area (Å²) in [6.07, 6.45) is -3.74. The molecule has 23 heavy (non-hydrogen) atoms. The van der Waals surface area contributed by atoms with Crippen molar-refractivity contribution >= 4 is 11.5 Å². The van der Waals surface area contributed by atoms with E-state index in [1.54, 1.807) is 20.0 Å². The lowest BCUT2D eigenvalue weighted by molar-refractivity contribution is -0.127. The monoisotopic (exact) mass is 325 g/mol. The van der Waals surface area contributed by atoms with E-state index in [2.05, 4.69) is 5.10 Å². The summed E-state index contributed by atoms with van der Waals surface area (Å²) in [6, 6.07) is 4.45. The largest absolute Gasteiger partial charge is 0.396 e. The smallest absolute Gasteiger partial charge is 0.393 e. The van der Waals surface area contributed by atoms with Crippen LogP contribution in [0.1, 0.15) is 16.7 Å². The van der Waals surface area contributed by atoms with Crippen LogP contribution in [0, 0.1) is 6.92 Å². The second kappa shape index (κ2) is 5.86. The first-order chi connectivity index (χ1) is 10.6. The van der Waals surface area contributed by atoms with Gasteiger partial charge < -0.3 is 17.2 Å². The zero-order valence-corrected chi connectivity index (χ0v) is 12.8. The van der Waals surface area contributed by atoms with Crippen LogP contribution in [-0.2, 0) is 13.5 Å². The molecule has 1 heterocycles. The fourth-order valence-electron chi connectivity index (χ4n) is 2.47. The molecule has 0 aliphatic heterocycles. The summed E-state index contributed by atoms with van der Waals surface area (Å²) in [4.78, 5) is 0. The summed E-state index contributed by atoms with van der Waals surface area (Å²) in [5.74, 6) is 0.0717. The second-order valence-electron chi connectivity index (χ2n) is 5.34. The van der Waals surface area contributed by atoms with Crippen molar-refractivity contribution in [3.05, 3.63) is 51.7 Å². The van der Waals surface area contributed by atoms with Crippen molar-refractivity contribution in [2.24, 2.45) is 24.2 Å². The van der Waals surface area contributed by atoms with Crippen LogP contribution in [0.3, 0.4) is 0 Å². The number of halogens is 3. The SMILES string of the molecule is Cc1cc(CC(F)(F)F)ccc1/C(N)=c1/c(=C(N)N)cnn1C. The summed E-state index contributed by atoms with van der Waals surface area (Å²) >= 11 is 0. The number of nitrogens with zero attached hydrogens (tertiary/aromatic N) is 2. The van der Waals surface area contributed by atoms with Gasteiger partial charge in [-0.05, 0) is 18.1 Å². The Morgan fingerprint density at radius 2 is 1.87 bits per heavy atom. The average Bonchev–Trinajstić information content (AvgIpc) is 2.78. The van der Waals surface area contributed by atoms with Crippen molar-refractivity contribution in [2.75, 3.05) is 0 Å². The van der Waals surface area contributed by atoms with E-state index in [9.17, 15) is 13.2 Å². The predicted octanol–water partition coefficient (Wildman–Crippen LogP) is -0.0684. The highest BCUT2D eigenvalue weighted by molar-refractivity contribution is 5.65. The van der Waals surface area contributed by atoms with Crippen molar-refractivity contribution in [1.82, 2.24) is 9.78 Å². The van der Waals surface area contributed by atoms with Crippen molar-refractivity contribution in [3.8, 4) is 0 Å². The summed E-state index contributed by atoms with van der Waals surface area (Å²) in [6.45, 7) is 1.70. The molecular formula is C15H18F3N5. The van der Waals surface area contributed by atoms with Gasteiger partial charge >= 0.3 is 6.18 Å². The molecular weight excluding hydrogens is 307 g/mol. The van der Waals surface area contributed by atoms with Crippen molar-refractivity contribution < 1.29 is 13.2 Å². The molecule has 2 rings (SSSR count). The van der Waals surface area contributed by atoms with Gasteiger partial charge in [0, 0.05) is 12.6 Å². The van der Waals surface area contributed by atoms with E-state index in [0.29, 0.717) is 27.4 Å². The lowest BCUT2D eigenvalue weighted by Gasteiger charge is -2.11. The number of hydrogen-bond acceptors (Lipinski definition) is 4. The average molecular weight is 325 g/mol. The van der Waals surface area contributed by atoms with Gasteiger partial charge in [0.1, 0.15) is 5.82 Å². The molecule has 0 radical (unpaired) electrons. The lowest BCUT2D eigenvalue weighted by Crippen LogP contribution is -2.38. The highest BCUT2D eigenvalue weighted by atomic mass is 19.4. The Kier molecular flexibility index (Phi) is 4.26. The molecule has 0 aliphatic carbocycles. The van der Waals surface area contributed by atoms with Crippen molar-refractivity contribution in [1.29, 1.82) is 0 Å². The van der Waals surface area contributed by atoms with Gasteiger partial charge in [-0.1, -0.05) is 18.2 Å². The first-order valence-electron chi connectivity index (χ1n) is 6.80. The van der Waals surface area contributed by atoms with Crippen LogP contribution in [-0.4, -0.2) is 16.0 Å². The third-order valence-electron chi connectivity index (χ3n) is 3.49. The number of alkyl halides is 3. The Bertz CT molecular complexity index is 845. The van der Waals surface area contributed by atoms with Crippen molar-refractivity contribution in [2.45, 2.75) is 19.5 Å². The molecule has 0 fully saturated rings. The molecule has 0 spiro atoms. The van der Waals surface area contributed by atoms with E-state index in [-0.39, 0.29) is 11.4 Å². The van der Waals surface area contributed by atoms with Crippen LogP contribution < -0.4 is 27.8 Å². The standard InChI is InChI=1S/C15H18F3N5/c1-8-5-9(6-15(16,17)18)3-4-10(8)12(19)13-11(14(20)21)7-22-23(13)2/h3-5,7H,6,19-21H2,1-2H3/b13-12+. The highest BCUT2D eigenvalue weighted by Gasteiger charge is 2.27. The van der Waals surface area contributed by atoms with E-state index in [1.165, 1.54) is 23.0 Å². The van der Waals surface area contributed by atoms with Gasteiger partial charge in [-0.15, -0.1) is 0 Å². The maximum atomic E-state index is 12.5. The van der Waals surface area contributed by atoms with Gasteiger partial charge in [-0.2, -0.15) is 18.3 Å². The third kappa shape index (κ3) is 3.58. The second-order valence-corrected chi connectivity index (χ2v) is 5.34. The zero-order chi connectivity index (χ0) is 17.4. The Balaban J connectivity index is 2.62.